The number of hydrogen-bond acceptors (Lipinski definition) is 4. The van der Waals surface area contributed by atoms with E-state index in [0.29, 0.717) is 35.6 Å². The van der Waals surface area contributed by atoms with Gasteiger partial charge in [-0.25, -0.2) is 4.39 Å². The van der Waals surface area contributed by atoms with Gasteiger partial charge in [0.25, 0.3) is 0 Å². The number of hydrogen-bond donors (Lipinski definition) is 1. The molecule has 1 aliphatic rings. The van der Waals surface area contributed by atoms with Crippen molar-refractivity contribution in [3.8, 4) is 0 Å². The average molecular weight is 473 g/mol. The number of likely N-dealkylation sites (N-methyl/N-ethyl adjacent to an activating group) is 1. The van der Waals surface area contributed by atoms with Crippen LogP contribution in [-0.2, 0) is 9.59 Å². The van der Waals surface area contributed by atoms with Gasteiger partial charge in [0, 0.05) is 30.9 Å². The molecule has 0 radical (unpaired) electrons. The summed E-state index contributed by atoms with van der Waals surface area (Å²) >= 11 is 0. The SMILES string of the molecule is CCC(=O)N(CCN(C)C)c1ccc(N=C(c2ccccc2)C2C(=O)Nc3cc(F)ccc32)cc1. The third kappa shape index (κ3) is 5.46. The van der Waals surface area contributed by atoms with E-state index in [2.05, 4.69) is 5.32 Å². The molecule has 0 saturated heterocycles. The Bertz CT molecular complexity index is 1240. The molecule has 0 bridgehead atoms. The number of amides is 2. The first kappa shape index (κ1) is 24.3. The summed E-state index contributed by atoms with van der Waals surface area (Å²) in [5.74, 6) is -1.25. The minimum Gasteiger partial charge on any atom is -0.325 e. The Morgan fingerprint density at radius 3 is 2.37 bits per heavy atom. The van der Waals surface area contributed by atoms with E-state index >= 15 is 0 Å². The van der Waals surface area contributed by atoms with Gasteiger partial charge >= 0.3 is 0 Å². The van der Waals surface area contributed by atoms with Crippen molar-refractivity contribution < 1.29 is 14.0 Å². The fraction of sp³-hybridized carbons (Fsp3) is 0.250. The Morgan fingerprint density at radius 1 is 1.00 bits per heavy atom. The molecule has 0 spiro atoms. The molecule has 6 nitrogen and oxygen atoms in total. The van der Waals surface area contributed by atoms with E-state index < -0.39 is 11.7 Å². The summed E-state index contributed by atoms with van der Waals surface area (Å²) in [5.41, 5.74) is 4.01. The van der Waals surface area contributed by atoms with Gasteiger partial charge in [-0.3, -0.25) is 14.6 Å². The van der Waals surface area contributed by atoms with Crippen LogP contribution in [0.15, 0.2) is 77.8 Å². The standard InChI is InChI=1S/C28H29FN4O2/c1-4-25(34)33(17-16-32(2)3)22-13-11-21(12-14-22)30-27(19-8-6-5-7-9-19)26-23-15-10-20(29)18-24(23)31-28(26)35/h5-15,18,26H,4,16-17H2,1-3H3,(H,31,35). The largest absolute Gasteiger partial charge is 0.325 e. The van der Waals surface area contributed by atoms with Gasteiger partial charge in [-0.1, -0.05) is 43.3 Å². The number of anilines is 2. The van der Waals surface area contributed by atoms with Gasteiger partial charge in [0.1, 0.15) is 11.7 Å². The molecule has 0 aromatic heterocycles. The van der Waals surface area contributed by atoms with Crippen LogP contribution in [0.4, 0.5) is 21.5 Å². The highest BCUT2D eigenvalue weighted by atomic mass is 19.1. The van der Waals surface area contributed by atoms with E-state index in [1.165, 1.54) is 12.1 Å². The summed E-state index contributed by atoms with van der Waals surface area (Å²) in [5, 5.41) is 2.78. The predicted molar refractivity (Wildman–Crippen MR) is 138 cm³/mol. The molecular formula is C28H29FN4O2. The number of nitrogens with zero attached hydrogens (tertiary/aromatic N) is 3. The number of carbonyl (C=O) groups excluding carboxylic acids is 2. The van der Waals surface area contributed by atoms with E-state index in [9.17, 15) is 14.0 Å². The van der Waals surface area contributed by atoms with Gasteiger partial charge in [0.2, 0.25) is 11.8 Å². The smallest absolute Gasteiger partial charge is 0.238 e. The number of halogens is 1. The third-order valence-corrected chi connectivity index (χ3v) is 5.97. The molecule has 0 aliphatic carbocycles. The quantitative estimate of drug-likeness (QED) is 0.470. The van der Waals surface area contributed by atoms with Crippen molar-refractivity contribution in [3.05, 3.63) is 89.7 Å². The normalized spacial score (nSPS) is 15.2. The van der Waals surface area contributed by atoms with Gasteiger partial charge in [-0.15, -0.1) is 0 Å². The van der Waals surface area contributed by atoms with E-state index in [1.807, 2.05) is 80.5 Å². The Morgan fingerprint density at radius 2 is 1.71 bits per heavy atom. The number of nitrogens with one attached hydrogen (secondary N) is 1. The number of carbonyl (C=O) groups is 2. The number of benzene rings is 3. The van der Waals surface area contributed by atoms with Crippen molar-refractivity contribution in [1.29, 1.82) is 0 Å². The molecule has 4 rings (SSSR count). The van der Waals surface area contributed by atoms with Gasteiger partial charge < -0.3 is 15.1 Å². The lowest BCUT2D eigenvalue weighted by atomic mass is 9.90. The van der Waals surface area contributed by atoms with Crippen molar-refractivity contribution in [2.24, 2.45) is 4.99 Å². The number of aliphatic imine (C=N–C) groups is 1. The highest BCUT2D eigenvalue weighted by Crippen LogP contribution is 2.36. The molecule has 3 aromatic carbocycles. The van der Waals surface area contributed by atoms with Gasteiger partial charge in [-0.2, -0.15) is 0 Å². The molecular weight excluding hydrogens is 443 g/mol. The molecule has 35 heavy (non-hydrogen) atoms. The molecule has 1 heterocycles. The van der Waals surface area contributed by atoms with Crippen molar-refractivity contribution in [2.45, 2.75) is 19.3 Å². The van der Waals surface area contributed by atoms with Crippen LogP contribution in [-0.4, -0.2) is 49.6 Å². The van der Waals surface area contributed by atoms with Gasteiger partial charge in [-0.05, 0) is 61.6 Å². The van der Waals surface area contributed by atoms with Crippen molar-refractivity contribution in [3.63, 3.8) is 0 Å². The van der Waals surface area contributed by atoms with E-state index in [1.54, 1.807) is 11.0 Å². The molecule has 1 atom stereocenters. The van der Waals surface area contributed by atoms with E-state index in [4.69, 9.17) is 4.99 Å². The lowest BCUT2D eigenvalue weighted by Gasteiger charge is -2.24. The summed E-state index contributed by atoms with van der Waals surface area (Å²) < 4.78 is 13.8. The highest BCUT2D eigenvalue weighted by molar-refractivity contribution is 6.24. The molecule has 0 saturated carbocycles. The first-order valence-corrected chi connectivity index (χ1v) is 11.7. The Balaban J connectivity index is 1.71. The minimum absolute atomic E-state index is 0.0551. The molecule has 3 aromatic rings. The van der Waals surface area contributed by atoms with Crippen LogP contribution in [0.25, 0.3) is 0 Å². The maximum atomic E-state index is 13.8. The third-order valence-electron chi connectivity index (χ3n) is 5.97. The molecule has 1 aliphatic heterocycles. The monoisotopic (exact) mass is 472 g/mol. The maximum absolute atomic E-state index is 13.8. The zero-order chi connectivity index (χ0) is 24.9. The fourth-order valence-corrected chi connectivity index (χ4v) is 4.15. The zero-order valence-electron chi connectivity index (χ0n) is 20.2. The van der Waals surface area contributed by atoms with Crippen LogP contribution in [0.1, 0.15) is 30.4 Å². The van der Waals surface area contributed by atoms with Crippen LogP contribution >= 0.6 is 0 Å². The second-order valence-electron chi connectivity index (χ2n) is 8.74. The average Bonchev–Trinajstić information content (AvgIpc) is 3.18. The lowest BCUT2D eigenvalue weighted by Crippen LogP contribution is -2.36. The molecule has 7 heteroatoms. The van der Waals surface area contributed by atoms with Crippen molar-refractivity contribution in [1.82, 2.24) is 4.90 Å². The van der Waals surface area contributed by atoms with Gasteiger partial charge in [0.05, 0.1) is 11.4 Å². The fourth-order valence-electron chi connectivity index (χ4n) is 4.15. The maximum Gasteiger partial charge on any atom is 0.238 e. The zero-order valence-corrected chi connectivity index (χ0v) is 20.2. The summed E-state index contributed by atoms with van der Waals surface area (Å²) in [6.45, 7) is 3.19. The summed E-state index contributed by atoms with van der Waals surface area (Å²) in [6.07, 6.45) is 0.419. The molecule has 2 amide bonds. The first-order chi connectivity index (χ1) is 16.9. The van der Waals surface area contributed by atoms with E-state index in [-0.39, 0.29) is 11.8 Å². The second kappa shape index (κ2) is 10.6. The summed E-state index contributed by atoms with van der Waals surface area (Å²) in [7, 11) is 3.95. The lowest BCUT2D eigenvalue weighted by molar-refractivity contribution is -0.118. The molecule has 1 unspecified atom stereocenters. The Kier molecular flexibility index (Phi) is 7.36. The number of rotatable bonds is 8. The topological polar surface area (TPSA) is 65.0 Å². The van der Waals surface area contributed by atoms with Crippen LogP contribution in [0.2, 0.25) is 0 Å². The molecule has 0 fully saturated rings. The first-order valence-electron chi connectivity index (χ1n) is 11.7. The highest BCUT2D eigenvalue weighted by Gasteiger charge is 2.35. The Hall–Kier alpha value is -3.84. The van der Waals surface area contributed by atoms with Crippen LogP contribution < -0.4 is 10.2 Å². The molecule has 180 valence electrons. The van der Waals surface area contributed by atoms with E-state index in [0.717, 1.165) is 17.8 Å². The van der Waals surface area contributed by atoms with Crippen LogP contribution in [0.5, 0.6) is 0 Å². The van der Waals surface area contributed by atoms with Crippen LogP contribution in [0.3, 0.4) is 0 Å². The number of fused-ring (bicyclic) bond motifs is 1. The minimum atomic E-state index is -0.661. The molecule has 1 N–H and O–H groups in total. The summed E-state index contributed by atoms with van der Waals surface area (Å²) in [6, 6.07) is 21.3. The van der Waals surface area contributed by atoms with Crippen molar-refractivity contribution in [2.75, 3.05) is 37.4 Å². The summed E-state index contributed by atoms with van der Waals surface area (Å²) in [4.78, 5) is 34.2. The van der Waals surface area contributed by atoms with Gasteiger partial charge in [0.15, 0.2) is 0 Å². The van der Waals surface area contributed by atoms with Crippen LogP contribution in [0, 0.1) is 5.82 Å². The predicted octanol–water partition coefficient (Wildman–Crippen LogP) is 4.99. The Labute approximate surface area is 205 Å². The second-order valence-corrected chi connectivity index (χ2v) is 8.74. The van der Waals surface area contributed by atoms with Crippen molar-refractivity contribution >= 4 is 34.6 Å².